The minimum Gasteiger partial charge on any atom is -0.497 e. The molecule has 1 aromatic heterocycles. The second kappa shape index (κ2) is 8.01. The lowest BCUT2D eigenvalue weighted by atomic mass is 9.98. The summed E-state index contributed by atoms with van der Waals surface area (Å²) in [6.45, 7) is 0. The predicted molar refractivity (Wildman–Crippen MR) is 112 cm³/mol. The summed E-state index contributed by atoms with van der Waals surface area (Å²) in [5.74, 6) is 1.71. The normalized spacial score (nSPS) is 10.6. The Hall–Kier alpha value is -3.53. The molecule has 1 N–H and O–H groups in total. The summed E-state index contributed by atoms with van der Waals surface area (Å²) in [6, 6.07) is 24.8. The van der Waals surface area contributed by atoms with Crippen molar-refractivity contribution in [3.8, 4) is 33.9 Å². The average Bonchev–Trinajstić information content (AvgIpc) is 3.22. The fraction of sp³-hybridized carbons (Fsp3) is 0.125. The molecule has 28 heavy (non-hydrogen) atoms. The van der Waals surface area contributed by atoms with Crippen molar-refractivity contribution in [2.45, 2.75) is 6.42 Å². The maximum absolute atomic E-state index is 5.25. The number of ether oxygens (including phenoxy) is 2. The van der Waals surface area contributed by atoms with Crippen LogP contribution in [0.1, 0.15) is 11.1 Å². The van der Waals surface area contributed by atoms with Crippen LogP contribution < -0.4 is 9.47 Å². The van der Waals surface area contributed by atoms with Crippen molar-refractivity contribution in [1.82, 2.24) is 10.2 Å². The van der Waals surface area contributed by atoms with Gasteiger partial charge in [-0.2, -0.15) is 5.10 Å². The van der Waals surface area contributed by atoms with Gasteiger partial charge in [0.05, 0.1) is 26.1 Å². The van der Waals surface area contributed by atoms with Crippen molar-refractivity contribution in [1.29, 1.82) is 0 Å². The Morgan fingerprint density at radius 3 is 2.04 bits per heavy atom. The van der Waals surface area contributed by atoms with E-state index in [2.05, 4.69) is 46.6 Å². The third kappa shape index (κ3) is 3.76. The van der Waals surface area contributed by atoms with Gasteiger partial charge in [-0.25, -0.2) is 0 Å². The summed E-state index contributed by atoms with van der Waals surface area (Å²) in [5, 5.41) is 7.40. The molecule has 0 spiro atoms. The van der Waals surface area contributed by atoms with E-state index >= 15 is 0 Å². The van der Waals surface area contributed by atoms with Gasteiger partial charge in [0, 0.05) is 17.5 Å². The van der Waals surface area contributed by atoms with Gasteiger partial charge in [-0.3, -0.25) is 5.10 Å². The maximum Gasteiger partial charge on any atom is 0.118 e. The van der Waals surface area contributed by atoms with E-state index in [1.54, 1.807) is 14.2 Å². The zero-order valence-corrected chi connectivity index (χ0v) is 16.0. The fourth-order valence-electron chi connectivity index (χ4n) is 3.32. The van der Waals surface area contributed by atoms with Gasteiger partial charge < -0.3 is 9.47 Å². The number of aromatic amines is 1. The molecule has 0 amide bonds. The summed E-state index contributed by atoms with van der Waals surface area (Å²) in [4.78, 5) is 0. The molecule has 0 saturated carbocycles. The first-order valence-electron chi connectivity index (χ1n) is 9.17. The monoisotopic (exact) mass is 370 g/mol. The molecule has 4 heteroatoms. The van der Waals surface area contributed by atoms with E-state index in [1.165, 1.54) is 16.7 Å². The van der Waals surface area contributed by atoms with Crippen LogP contribution in [0.3, 0.4) is 0 Å². The third-order valence-electron chi connectivity index (χ3n) is 4.84. The van der Waals surface area contributed by atoms with E-state index in [0.29, 0.717) is 0 Å². The average molecular weight is 370 g/mol. The SMILES string of the molecule is COc1ccc(-c2cccc(Cc3cn[nH]c3-c3ccc(OC)cc3)c2)cc1. The number of H-pyrrole nitrogens is 1. The number of nitrogens with one attached hydrogen (secondary N) is 1. The molecule has 0 unspecified atom stereocenters. The predicted octanol–water partition coefficient (Wildman–Crippen LogP) is 5.35. The van der Waals surface area contributed by atoms with E-state index in [-0.39, 0.29) is 0 Å². The number of hydrogen-bond donors (Lipinski definition) is 1. The highest BCUT2D eigenvalue weighted by Gasteiger charge is 2.10. The Labute approximate surface area is 164 Å². The van der Waals surface area contributed by atoms with Crippen molar-refractivity contribution >= 4 is 0 Å². The number of hydrogen-bond acceptors (Lipinski definition) is 3. The van der Waals surface area contributed by atoms with Crippen molar-refractivity contribution in [2.75, 3.05) is 14.2 Å². The Morgan fingerprint density at radius 2 is 1.39 bits per heavy atom. The molecule has 4 nitrogen and oxygen atoms in total. The highest BCUT2D eigenvalue weighted by atomic mass is 16.5. The zero-order valence-electron chi connectivity index (χ0n) is 16.0. The summed E-state index contributed by atoms with van der Waals surface area (Å²) < 4.78 is 10.5. The minimum absolute atomic E-state index is 0.807. The lowest BCUT2D eigenvalue weighted by molar-refractivity contribution is 0.415. The van der Waals surface area contributed by atoms with Gasteiger partial charge in [0.2, 0.25) is 0 Å². The molecule has 0 aliphatic rings. The summed E-state index contributed by atoms with van der Waals surface area (Å²) >= 11 is 0. The molecule has 0 radical (unpaired) electrons. The molecular weight excluding hydrogens is 348 g/mol. The van der Waals surface area contributed by atoms with E-state index < -0.39 is 0 Å². The van der Waals surface area contributed by atoms with Crippen molar-refractivity contribution in [3.63, 3.8) is 0 Å². The smallest absolute Gasteiger partial charge is 0.118 e. The maximum atomic E-state index is 5.25. The molecule has 0 bridgehead atoms. The van der Waals surface area contributed by atoms with Crippen LogP contribution in [0.15, 0.2) is 79.0 Å². The van der Waals surface area contributed by atoms with Crippen LogP contribution in [-0.2, 0) is 6.42 Å². The van der Waals surface area contributed by atoms with Gasteiger partial charge in [0.1, 0.15) is 11.5 Å². The van der Waals surface area contributed by atoms with E-state index in [4.69, 9.17) is 9.47 Å². The van der Waals surface area contributed by atoms with E-state index in [9.17, 15) is 0 Å². The van der Waals surface area contributed by atoms with Gasteiger partial charge in [0.25, 0.3) is 0 Å². The van der Waals surface area contributed by atoms with Gasteiger partial charge in [-0.1, -0.05) is 36.4 Å². The molecule has 140 valence electrons. The highest BCUT2D eigenvalue weighted by molar-refractivity contribution is 5.67. The largest absolute Gasteiger partial charge is 0.497 e. The van der Waals surface area contributed by atoms with Crippen LogP contribution in [0.2, 0.25) is 0 Å². The van der Waals surface area contributed by atoms with Crippen LogP contribution >= 0.6 is 0 Å². The van der Waals surface area contributed by atoms with E-state index in [1.807, 2.05) is 42.6 Å². The molecule has 0 fully saturated rings. The standard InChI is InChI=1S/C24H22N2O2/c1-27-22-10-6-18(7-11-22)20-5-3-4-17(14-20)15-21-16-25-26-24(21)19-8-12-23(28-2)13-9-19/h3-14,16H,15H2,1-2H3,(H,25,26). The second-order valence-electron chi connectivity index (χ2n) is 6.60. The van der Waals surface area contributed by atoms with Crippen LogP contribution in [0, 0.1) is 0 Å². The van der Waals surface area contributed by atoms with Crippen LogP contribution in [0.25, 0.3) is 22.4 Å². The number of aromatic nitrogens is 2. The van der Waals surface area contributed by atoms with Crippen molar-refractivity contribution in [3.05, 3.63) is 90.1 Å². The van der Waals surface area contributed by atoms with Crippen molar-refractivity contribution < 1.29 is 9.47 Å². The Kier molecular flexibility index (Phi) is 5.11. The zero-order chi connectivity index (χ0) is 19.3. The minimum atomic E-state index is 0.807. The molecule has 0 aliphatic carbocycles. The Morgan fingerprint density at radius 1 is 0.750 bits per heavy atom. The summed E-state index contributed by atoms with van der Waals surface area (Å²) in [7, 11) is 3.35. The van der Waals surface area contributed by atoms with Crippen LogP contribution in [0.5, 0.6) is 11.5 Å². The lowest BCUT2D eigenvalue weighted by Crippen LogP contribution is -1.91. The fourth-order valence-corrected chi connectivity index (χ4v) is 3.32. The Balaban J connectivity index is 1.59. The topological polar surface area (TPSA) is 47.1 Å². The number of rotatable bonds is 6. The van der Waals surface area contributed by atoms with Crippen LogP contribution in [-0.4, -0.2) is 24.4 Å². The first kappa shape index (κ1) is 17.9. The number of benzene rings is 3. The molecule has 0 atom stereocenters. The molecular formula is C24H22N2O2. The van der Waals surface area contributed by atoms with E-state index in [0.717, 1.165) is 34.7 Å². The first-order valence-corrected chi connectivity index (χ1v) is 9.17. The van der Waals surface area contributed by atoms with Gasteiger partial charge in [0.15, 0.2) is 0 Å². The molecule has 4 aromatic rings. The van der Waals surface area contributed by atoms with Crippen molar-refractivity contribution in [2.24, 2.45) is 0 Å². The molecule has 3 aromatic carbocycles. The quantitative estimate of drug-likeness (QED) is 0.497. The highest BCUT2D eigenvalue weighted by Crippen LogP contribution is 2.27. The molecule has 4 rings (SSSR count). The number of nitrogens with zero attached hydrogens (tertiary/aromatic N) is 1. The van der Waals surface area contributed by atoms with Gasteiger partial charge in [-0.05, 0) is 53.1 Å². The van der Waals surface area contributed by atoms with Crippen LogP contribution in [0.4, 0.5) is 0 Å². The summed E-state index contributed by atoms with van der Waals surface area (Å²) in [6.07, 6.45) is 2.71. The third-order valence-corrected chi connectivity index (χ3v) is 4.84. The Bertz CT molecular complexity index is 1050. The summed E-state index contributed by atoms with van der Waals surface area (Å²) in [5.41, 5.74) is 6.90. The molecule has 1 heterocycles. The number of methoxy groups -OCH3 is 2. The van der Waals surface area contributed by atoms with Gasteiger partial charge in [-0.15, -0.1) is 0 Å². The molecule has 0 saturated heterocycles. The lowest BCUT2D eigenvalue weighted by Gasteiger charge is -2.08. The second-order valence-corrected chi connectivity index (χ2v) is 6.60. The first-order chi connectivity index (χ1) is 13.8. The van der Waals surface area contributed by atoms with Gasteiger partial charge >= 0.3 is 0 Å². The molecule has 0 aliphatic heterocycles.